The van der Waals surface area contributed by atoms with Gasteiger partial charge in [0.25, 0.3) is 0 Å². The molecule has 0 amide bonds. The van der Waals surface area contributed by atoms with Crippen molar-refractivity contribution in [2.45, 2.75) is 211 Å². The molecular weight excluding hydrogens is 968 g/mol. The highest BCUT2D eigenvalue weighted by Crippen LogP contribution is 2.76. The van der Waals surface area contributed by atoms with E-state index in [0.717, 1.165) is 16.7 Å². The topological polar surface area (TPSA) is 190 Å². The number of aromatic hydroxyl groups is 1. The number of methoxy groups -OCH3 is 3. The molecule has 0 saturated carbocycles. The molecule has 2 aromatic carbocycles. The molecule has 0 aliphatic carbocycles. The van der Waals surface area contributed by atoms with E-state index in [0.29, 0.717) is 22.8 Å². The highest BCUT2D eigenvalue weighted by atomic mass is 31.2. The van der Waals surface area contributed by atoms with Crippen LogP contribution < -0.4 is 14.2 Å². The van der Waals surface area contributed by atoms with Gasteiger partial charge in [0.15, 0.2) is 22.0 Å². The summed E-state index contributed by atoms with van der Waals surface area (Å²) in [6, 6.07) is 7.02. The second-order valence-electron chi connectivity index (χ2n) is 19.4. The molecule has 0 bridgehead atoms. The lowest BCUT2D eigenvalue weighted by Crippen LogP contribution is -2.25. The molecular formula is C49H88O16P4. The average Bonchev–Trinajstić information content (AvgIpc) is 3.16. The number of hydrogen-bond acceptors (Lipinski definition) is 16. The largest absolute Gasteiger partial charge is 0.507 e. The van der Waals surface area contributed by atoms with Crippen LogP contribution in [-0.4, -0.2) is 80.7 Å². The summed E-state index contributed by atoms with van der Waals surface area (Å²) in [6.45, 7) is 35.8. The minimum absolute atomic E-state index is 0.0576. The zero-order valence-corrected chi connectivity index (χ0v) is 49.4. The summed E-state index contributed by atoms with van der Waals surface area (Å²) in [5.74, 6) is 1.48. The number of phenolic OH excluding ortho intramolecular Hbond substituents is 1. The molecule has 0 heterocycles. The van der Waals surface area contributed by atoms with Crippen molar-refractivity contribution in [3.05, 3.63) is 51.6 Å². The third kappa shape index (κ3) is 20.1. The summed E-state index contributed by atoms with van der Waals surface area (Å²) in [7, 11) is -11.9. The Hall–Kier alpha value is -2.02. The lowest BCUT2D eigenvalue weighted by molar-refractivity contribution is 0.122. The van der Waals surface area contributed by atoms with Gasteiger partial charge in [-0.3, -0.25) is 18.3 Å². The lowest BCUT2D eigenvalue weighted by Gasteiger charge is -2.35. The number of ether oxygens (including phenoxy) is 3. The van der Waals surface area contributed by atoms with Gasteiger partial charge >= 0.3 is 30.4 Å². The third-order valence-corrected chi connectivity index (χ3v) is 21.0. The SMILES string of the molecule is CC(C)OP(=O)(OC(C)C)C(Cc1cc(C(C)C)c(O)c(C(C)C)c1)P(=O)(OC(C)C)OC(C)C.COc1cc(C=C(P(=O)(OC(C)C)OC(C)C)P(=O)(OC(C)C)OC(C)C)cc(OC)c1OC. The van der Waals surface area contributed by atoms with Crippen LogP contribution in [0, 0.1) is 0 Å². The average molecular weight is 1060 g/mol. The van der Waals surface area contributed by atoms with Crippen molar-refractivity contribution in [2.24, 2.45) is 0 Å². The van der Waals surface area contributed by atoms with Crippen molar-refractivity contribution in [3.8, 4) is 23.0 Å². The van der Waals surface area contributed by atoms with Crippen molar-refractivity contribution < 1.29 is 73.8 Å². The summed E-state index contributed by atoms with van der Waals surface area (Å²) < 4.78 is 120. The molecule has 0 saturated heterocycles. The highest BCUT2D eigenvalue weighted by molar-refractivity contribution is 7.79. The molecule has 1 N–H and O–H groups in total. The first-order valence-corrected chi connectivity index (χ1v) is 30.2. The Balaban J connectivity index is 0.000000690. The van der Waals surface area contributed by atoms with Gasteiger partial charge in [-0.05, 0) is 169 Å². The molecule has 400 valence electrons. The number of benzene rings is 2. The third-order valence-electron chi connectivity index (χ3n) is 8.99. The second kappa shape index (κ2) is 28.4. The van der Waals surface area contributed by atoms with Crippen molar-refractivity contribution in [3.63, 3.8) is 0 Å². The molecule has 0 aromatic heterocycles. The van der Waals surface area contributed by atoms with Gasteiger partial charge in [-0.2, -0.15) is 0 Å². The Bertz CT molecular complexity index is 1940. The normalized spacial score (nSPS) is 13.1. The summed E-state index contributed by atoms with van der Waals surface area (Å²) in [5.41, 5.74) is 2.77. The second-order valence-corrected chi connectivity index (χ2v) is 28.2. The van der Waals surface area contributed by atoms with E-state index in [-0.39, 0.29) is 29.1 Å². The van der Waals surface area contributed by atoms with Crippen LogP contribution >= 0.6 is 30.4 Å². The molecule has 0 aliphatic rings. The van der Waals surface area contributed by atoms with Crippen molar-refractivity contribution in [1.29, 1.82) is 0 Å². The van der Waals surface area contributed by atoms with Crippen molar-refractivity contribution in [2.75, 3.05) is 21.3 Å². The van der Waals surface area contributed by atoms with E-state index in [2.05, 4.69) is 0 Å². The fraction of sp³-hybridized carbons (Fsp3) is 0.714. The number of phenols is 1. The fourth-order valence-electron chi connectivity index (χ4n) is 6.87. The van der Waals surface area contributed by atoms with Crippen LogP contribution in [0.15, 0.2) is 29.3 Å². The minimum Gasteiger partial charge on any atom is -0.507 e. The zero-order valence-electron chi connectivity index (χ0n) is 45.8. The first kappa shape index (κ1) is 65.0. The van der Waals surface area contributed by atoms with Gasteiger partial charge in [-0.1, -0.05) is 39.8 Å². The quantitative estimate of drug-likeness (QED) is 0.0791. The van der Waals surface area contributed by atoms with E-state index in [1.807, 2.05) is 39.8 Å². The standard InChI is InChI=1S/C26H48O7P2.C23H40O9P2/c1-16(2)23-13-22(14-24(17(3)4)26(23)27)15-25(34(28,30-18(5)6)31-19(7)8)35(29,32-20(9)10)33-21(11)12;1-15(2)29-33(24,30-16(3)4)22(34(25,31-17(5)6)32-18(7)8)14-19-12-20(26-9)23(28-11)21(13-19)27-10/h13-14,16-21,25,27H,15H2,1-12H3;12-18H,1-11H3. The van der Waals surface area contributed by atoms with Crippen molar-refractivity contribution >= 4 is 36.5 Å². The maximum Gasteiger partial charge on any atom is 0.370 e. The minimum atomic E-state index is -4.17. The summed E-state index contributed by atoms with van der Waals surface area (Å²) in [5, 5.41) is 9.48. The van der Waals surface area contributed by atoms with E-state index in [4.69, 9.17) is 50.4 Å². The summed E-state index contributed by atoms with van der Waals surface area (Å²) in [6.07, 6.45) is -2.25. The van der Waals surface area contributed by atoms with Crippen LogP contribution in [0.5, 0.6) is 23.0 Å². The van der Waals surface area contributed by atoms with E-state index < -0.39 is 84.6 Å². The summed E-state index contributed by atoms with van der Waals surface area (Å²) in [4.78, 5) is 0. The van der Waals surface area contributed by atoms with Gasteiger partial charge in [0.2, 0.25) is 5.75 Å². The predicted molar refractivity (Wildman–Crippen MR) is 278 cm³/mol. The lowest BCUT2D eigenvalue weighted by atomic mass is 9.91. The highest BCUT2D eigenvalue weighted by Gasteiger charge is 2.53. The molecule has 0 radical (unpaired) electrons. The number of rotatable bonds is 28. The Labute approximate surface area is 415 Å². The van der Waals surface area contributed by atoms with Crippen LogP contribution in [0.4, 0.5) is 0 Å². The first-order chi connectivity index (χ1) is 31.6. The van der Waals surface area contributed by atoms with Gasteiger partial charge < -0.3 is 55.5 Å². The Kier molecular flexibility index (Phi) is 26.8. The van der Waals surface area contributed by atoms with E-state index >= 15 is 0 Å². The van der Waals surface area contributed by atoms with Crippen LogP contribution in [0.1, 0.15) is 173 Å². The predicted octanol–water partition coefficient (Wildman–Crippen LogP) is 15.7. The fourth-order valence-corrected chi connectivity index (χ4v) is 17.9. The molecule has 0 atom stereocenters. The molecule has 2 rings (SSSR count). The van der Waals surface area contributed by atoms with Crippen molar-refractivity contribution in [1.82, 2.24) is 0 Å². The molecule has 0 aliphatic heterocycles. The monoisotopic (exact) mass is 1060 g/mol. The van der Waals surface area contributed by atoms with E-state index in [9.17, 15) is 23.4 Å². The molecule has 20 heteroatoms. The van der Waals surface area contributed by atoms with E-state index in [1.165, 1.54) is 27.4 Å². The zero-order chi connectivity index (χ0) is 53.6. The van der Waals surface area contributed by atoms with Gasteiger partial charge in [0.05, 0.1) is 70.2 Å². The van der Waals surface area contributed by atoms with Crippen LogP contribution in [0.3, 0.4) is 0 Å². The Morgan fingerprint density at radius 2 is 0.754 bits per heavy atom. The van der Waals surface area contributed by atoms with Crippen LogP contribution in [0.25, 0.3) is 6.08 Å². The Morgan fingerprint density at radius 3 is 0.986 bits per heavy atom. The van der Waals surface area contributed by atoms with Gasteiger partial charge in [-0.25, -0.2) is 0 Å². The first-order valence-electron chi connectivity index (χ1n) is 23.9. The molecule has 16 nitrogen and oxygen atoms in total. The van der Waals surface area contributed by atoms with Gasteiger partial charge in [0.1, 0.15) is 5.75 Å². The van der Waals surface area contributed by atoms with Crippen LogP contribution in [-0.2, 0) is 60.9 Å². The Morgan fingerprint density at radius 1 is 0.464 bits per heavy atom. The van der Waals surface area contributed by atoms with Gasteiger partial charge in [-0.15, -0.1) is 0 Å². The molecule has 69 heavy (non-hydrogen) atoms. The maximum absolute atomic E-state index is 14.4. The summed E-state index contributed by atoms with van der Waals surface area (Å²) >= 11 is 0. The number of hydrogen-bond donors (Lipinski definition) is 1. The van der Waals surface area contributed by atoms with Crippen LogP contribution in [0.2, 0.25) is 0 Å². The van der Waals surface area contributed by atoms with Gasteiger partial charge in [0, 0.05) is 0 Å². The molecule has 0 spiro atoms. The van der Waals surface area contributed by atoms with E-state index in [1.54, 1.807) is 123 Å². The molecule has 0 fully saturated rings. The molecule has 0 unspecified atom stereocenters. The molecule has 2 aromatic rings. The maximum atomic E-state index is 14.4. The smallest absolute Gasteiger partial charge is 0.370 e.